The van der Waals surface area contributed by atoms with Crippen molar-refractivity contribution < 1.29 is 0 Å². The fourth-order valence-electron chi connectivity index (χ4n) is 3.12. The molecule has 1 N–H and O–H groups in total. The molecule has 3 nitrogen and oxygen atoms in total. The summed E-state index contributed by atoms with van der Waals surface area (Å²) in [6, 6.07) is 1.63. The maximum atomic E-state index is 3.38. The summed E-state index contributed by atoms with van der Waals surface area (Å²) in [4.78, 5) is 5.38. The van der Waals surface area contributed by atoms with Crippen LogP contribution in [0.3, 0.4) is 0 Å². The highest BCUT2D eigenvalue weighted by Gasteiger charge is 2.28. The first-order valence-corrected chi connectivity index (χ1v) is 8.00. The van der Waals surface area contributed by atoms with Crippen LogP contribution in [-0.4, -0.2) is 61.2 Å². The third-order valence-corrected chi connectivity index (χ3v) is 4.72. The molecule has 1 unspecified atom stereocenters. The van der Waals surface area contributed by atoms with Crippen LogP contribution in [0.4, 0.5) is 0 Å². The summed E-state index contributed by atoms with van der Waals surface area (Å²) >= 11 is 0. The van der Waals surface area contributed by atoms with E-state index in [1.54, 1.807) is 0 Å². The van der Waals surface area contributed by atoms with E-state index >= 15 is 0 Å². The first-order valence-electron chi connectivity index (χ1n) is 8.00. The summed E-state index contributed by atoms with van der Waals surface area (Å²) in [5, 5.41) is 3.38. The molecule has 0 radical (unpaired) electrons. The van der Waals surface area contributed by atoms with Gasteiger partial charge in [-0.1, -0.05) is 32.6 Å². The molecule has 0 bridgehead atoms. The standard InChI is InChI=1S/C15H31N3/c1-3-4-5-6-7-14(2)17-8-10-18(11-9-17)15-12-16-13-15/h14-16H,3-13H2,1-2H3. The molecule has 0 spiro atoms. The Kier molecular flexibility index (Phi) is 5.93. The maximum Gasteiger partial charge on any atom is 0.0346 e. The molecule has 1 atom stereocenters. The Hall–Kier alpha value is -0.120. The van der Waals surface area contributed by atoms with Gasteiger partial charge in [0, 0.05) is 51.4 Å². The number of nitrogens with one attached hydrogen (secondary N) is 1. The predicted molar refractivity (Wildman–Crippen MR) is 78.0 cm³/mol. The summed E-state index contributed by atoms with van der Waals surface area (Å²) < 4.78 is 0. The van der Waals surface area contributed by atoms with Crippen LogP contribution in [0.1, 0.15) is 46.0 Å². The van der Waals surface area contributed by atoms with Crippen LogP contribution < -0.4 is 5.32 Å². The van der Waals surface area contributed by atoms with Gasteiger partial charge >= 0.3 is 0 Å². The molecule has 0 aromatic carbocycles. The van der Waals surface area contributed by atoms with Crippen LogP contribution in [0, 0.1) is 0 Å². The van der Waals surface area contributed by atoms with Gasteiger partial charge in [-0.15, -0.1) is 0 Å². The van der Waals surface area contributed by atoms with Crippen LogP contribution in [0.25, 0.3) is 0 Å². The van der Waals surface area contributed by atoms with Crippen molar-refractivity contribution in [1.82, 2.24) is 15.1 Å². The topological polar surface area (TPSA) is 18.5 Å². The molecule has 18 heavy (non-hydrogen) atoms. The lowest BCUT2D eigenvalue weighted by Gasteiger charge is -2.44. The Balaban J connectivity index is 1.59. The van der Waals surface area contributed by atoms with Gasteiger partial charge in [0.05, 0.1) is 0 Å². The molecule has 2 aliphatic heterocycles. The van der Waals surface area contributed by atoms with Crippen molar-refractivity contribution in [3.63, 3.8) is 0 Å². The number of rotatable bonds is 7. The molecule has 3 heteroatoms. The second-order valence-electron chi connectivity index (χ2n) is 6.08. The molecule has 2 rings (SSSR count). The van der Waals surface area contributed by atoms with Crippen molar-refractivity contribution in [2.45, 2.75) is 58.0 Å². The molecule has 2 saturated heterocycles. The summed E-state index contributed by atoms with van der Waals surface area (Å²) in [7, 11) is 0. The van der Waals surface area contributed by atoms with E-state index in [1.807, 2.05) is 0 Å². The van der Waals surface area contributed by atoms with Gasteiger partial charge in [0.2, 0.25) is 0 Å². The molecular formula is C15H31N3. The molecule has 0 saturated carbocycles. The number of hydrogen-bond donors (Lipinski definition) is 1. The van der Waals surface area contributed by atoms with Gasteiger partial charge in [0.15, 0.2) is 0 Å². The number of unbranched alkanes of at least 4 members (excludes halogenated alkanes) is 3. The minimum Gasteiger partial charge on any atom is -0.314 e. The highest BCUT2D eigenvalue weighted by molar-refractivity contribution is 4.88. The first-order chi connectivity index (χ1) is 8.81. The average molecular weight is 253 g/mol. The van der Waals surface area contributed by atoms with Gasteiger partial charge in [-0.05, 0) is 13.3 Å². The zero-order valence-corrected chi connectivity index (χ0v) is 12.3. The summed E-state index contributed by atoms with van der Waals surface area (Å²) in [5.41, 5.74) is 0. The summed E-state index contributed by atoms with van der Waals surface area (Å²) in [6.07, 6.45) is 7.00. The van der Waals surface area contributed by atoms with Gasteiger partial charge in [-0.3, -0.25) is 9.80 Å². The Bertz CT molecular complexity index is 220. The third-order valence-electron chi connectivity index (χ3n) is 4.72. The molecule has 106 valence electrons. The maximum absolute atomic E-state index is 3.38. The van der Waals surface area contributed by atoms with E-state index in [9.17, 15) is 0 Å². The van der Waals surface area contributed by atoms with E-state index < -0.39 is 0 Å². The molecule has 2 fully saturated rings. The number of hydrogen-bond acceptors (Lipinski definition) is 3. The van der Waals surface area contributed by atoms with Gasteiger partial charge in [-0.2, -0.15) is 0 Å². The first kappa shape index (κ1) is 14.3. The van der Waals surface area contributed by atoms with Crippen LogP contribution >= 0.6 is 0 Å². The summed E-state index contributed by atoms with van der Waals surface area (Å²) in [5.74, 6) is 0. The second kappa shape index (κ2) is 7.46. The van der Waals surface area contributed by atoms with Gasteiger partial charge in [0.1, 0.15) is 0 Å². The zero-order chi connectivity index (χ0) is 12.8. The predicted octanol–water partition coefficient (Wildman–Crippen LogP) is 1.93. The Morgan fingerprint density at radius 1 is 1.06 bits per heavy atom. The van der Waals surface area contributed by atoms with Crippen molar-refractivity contribution in [3.8, 4) is 0 Å². The lowest BCUT2D eigenvalue weighted by Crippen LogP contribution is -2.62. The van der Waals surface area contributed by atoms with Crippen molar-refractivity contribution in [1.29, 1.82) is 0 Å². The van der Waals surface area contributed by atoms with Crippen LogP contribution in [0.5, 0.6) is 0 Å². The van der Waals surface area contributed by atoms with E-state index in [1.165, 1.54) is 71.4 Å². The van der Waals surface area contributed by atoms with Crippen LogP contribution in [0.2, 0.25) is 0 Å². The molecule has 0 aliphatic carbocycles. The third kappa shape index (κ3) is 3.94. The molecular weight excluding hydrogens is 222 g/mol. The van der Waals surface area contributed by atoms with Crippen LogP contribution in [0.15, 0.2) is 0 Å². The number of nitrogens with zero attached hydrogens (tertiary/aromatic N) is 2. The molecule has 0 amide bonds. The van der Waals surface area contributed by atoms with Crippen molar-refractivity contribution in [3.05, 3.63) is 0 Å². The smallest absolute Gasteiger partial charge is 0.0346 e. The fraction of sp³-hybridized carbons (Fsp3) is 1.00. The van der Waals surface area contributed by atoms with E-state index in [0.717, 1.165) is 12.1 Å². The largest absolute Gasteiger partial charge is 0.314 e. The normalized spacial score (nSPS) is 25.0. The Morgan fingerprint density at radius 2 is 1.78 bits per heavy atom. The minimum absolute atomic E-state index is 0.795. The van der Waals surface area contributed by atoms with Gasteiger partial charge < -0.3 is 5.32 Å². The van der Waals surface area contributed by atoms with E-state index in [0.29, 0.717) is 0 Å². The minimum atomic E-state index is 0.795. The van der Waals surface area contributed by atoms with E-state index in [-0.39, 0.29) is 0 Å². The lowest BCUT2D eigenvalue weighted by molar-refractivity contribution is 0.0530. The van der Waals surface area contributed by atoms with Crippen LogP contribution in [-0.2, 0) is 0 Å². The quantitative estimate of drug-likeness (QED) is 0.700. The Morgan fingerprint density at radius 3 is 2.33 bits per heavy atom. The van der Waals surface area contributed by atoms with E-state index in [2.05, 4.69) is 29.0 Å². The average Bonchev–Trinajstić information content (AvgIpc) is 2.33. The molecule has 0 aromatic rings. The highest BCUT2D eigenvalue weighted by Crippen LogP contribution is 2.15. The lowest BCUT2D eigenvalue weighted by atomic mass is 10.1. The number of piperazine rings is 1. The molecule has 0 aromatic heterocycles. The fourth-order valence-corrected chi connectivity index (χ4v) is 3.12. The van der Waals surface area contributed by atoms with Crippen molar-refractivity contribution in [2.24, 2.45) is 0 Å². The van der Waals surface area contributed by atoms with E-state index in [4.69, 9.17) is 0 Å². The van der Waals surface area contributed by atoms with Crippen molar-refractivity contribution >= 4 is 0 Å². The monoisotopic (exact) mass is 253 g/mol. The SMILES string of the molecule is CCCCCCC(C)N1CCN(C2CNC2)CC1. The highest BCUT2D eigenvalue weighted by atomic mass is 15.3. The van der Waals surface area contributed by atoms with Crippen molar-refractivity contribution in [2.75, 3.05) is 39.3 Å². The van der Waals surface area contributed by atoms with Gasteiger partial charge in [0.25, 0.3) is 0 Å². The zero-order valence-electron chi connectivity index (χ0n) is 12.3. The summed E-state index contributed by atoms with van der Waals surface area (Å²) in [6.45, 7) is 12.3. The Labute approximate surface area is 113 Å². The van der Waals surface area contributed by atoms with Gasteiger partial charge in [-0.25, -0.2) is 0 Å². The second-order valence-corrected chi connectivity index (χ2v) is 6.08. The molecule has 2 heterocycles. The molecule has 2 aliphatic rings.